The van der Waals surface area contributed by atoms with Gasteiger partial charge in [-0.3, -0.25) is 0 Å². The van der Waals surface area contributed by atoms with Gasteiger partial charge in [-0.15, -0.1) is 11.8 Å². The number of allylic oxidation sites excluding steroid dienone is 1. The Morgan fingerprint density at radius 2 is 1.83 bits per heavy atom. The highest BCUT2D eigenvalue weighted by atomic mass is 32.2. The molecule has 0 bridgehead atoms. The summed E-state index contributed by atoms with van der Waals surface area (Å²) in [4.78, 5) is 6.04. The van der Waals surface area contributed by atoms with Crippen LogP contribution in [-0.4, -0.2) is 18.3 Å². The zero-order valence-corrected chi connectivity index (χ0v) is 15.5. The molecule has 2 nitrogen and oxygen atoms in total. The van der Waals surface area contributed by atoms with Crippen molar-refractivity contribution in [2.75, 3.05) is 13.4 Å². The van der Waals surface area contributed by atoms with Gasteiger partial charge in [0, 0.05) is 16.0 Å². The molecule has 0 saturated heterocycles. The molecule has 1 aromatic heterocycles. The molecule has 0 amide bonds. The third-order valence-electron chi connectivity index (χ3n) is 4.72. The molecule has 1 heterocycles. The average molecular weight is 340 g/mol. The van der Waals surface area contributed by atoms with E-state index in [9.17, 15) is 0 Å². The van der Waals surface area contributed by atoms with Crippen molar-refractivity contribution < 1.29 is 4.74 Å². The summed E-state index contributed by atoms with van der Waals surface area (Å²) < 4.78 is 5.44. The van der Waals surface area contributed by atoms with Crippen LogP contribution in [0.1, 0.15) is 42.5 Å². The maximum atomic E-state index is 5.44. The molecule has 1 saturated carbocycles. The molecule has 1 aliphatic rings. The van der Waals surface area contributed by atoms with E-state index in [0.29, 0.717) is 11.8 Å². The number of methoxy groups -OCH3 is 1. The molecule has 1 aromatic carbocycles. The summed E-state index contributed by atoms with van der Waals surface area (Å²) in [6.45, 7) is 2.03. The van der Waals surface area contributed by atoms with E-state index in [0.717, 1.165) is 11.3 Å². The molecular weight excluding hydrogens is 314 g/mol. The number of rotatable bonds is 5. The summed E-state index contributed by atoms with van der Waals surface area (Å²) in [6, 6.07) is 13.0. The minimum absolute atomic E-state index is 0.661. The molecule has 1 aliphatic carbocycles. The molecule has 0 aliphatic heterocycles. The van der Waals surface area contributed by atoms with E-state index in [1.54, 1.807) is 18.9 Å². The minimum Gasteiger partial charge on any atom is -0.481 e. The maximum Gasteiger partial charge on any atom is 0.216 e. The molecule has 3 rings (SSSR count). The number of benzene rings is 1. The Balaban J connectivity index is 2.03. The molecule has 0 spiro atoms. The number of aromatic nitrogens is 1. The number of hydrogen-bond acceptors (Lipinski definition) is 3. The zero-order chi connectivity index (χ0) is 16.9. The first kappa shape index (κ1) is 17.1. The van der Waals surface area contributed by atoms with E-state index in [1.807, 2.05) is 6.92 Å². The van der Waals surface area contributed by atoms with Crippen LogP contribution < -0.4 is 4.74 Å². The second-order valence-electron chi connectivity index (χ2n) is 6.38. The van der Waals surface area contributed by atoms with Gasteiger partial charge in [0.05, 0.1) is 12.8 Å². The van der Waals surface area contributed by atoms with Gasteiger partial charge >= 0.3 is 0 Å². The zero-order valence-electron chi connectivity index (χ0n) is 14.7. The van der Waals surface area contributed by atoms with Gasteiger partial charge in [-0.05, 0) is 55.7 Å². The van der Waals surface area contributed by atoms with Crippen LogP contribution in [0.2, 0.25) is 0 Å². The van der Waals surface area contributed by atoms with Crippen molar-refractivity contribution in [1.29, 1.82) is 0 Å². The van der Waals surface area contributed by atoms with Crippen LogP contribution >= 0.6 is 11.8 Å². The Kier molecular flexibility index (Phi) is 5.62. The smallest absolute Gasteiger partial charge is 0.216 e. The highest BCUT2D eigenvalue weighted by Gasteiger charge is 2.16. The Hall–Kier alpha value is -1.74. The largest absolute Gasteiger partial charge is 0.481 e. The Bertz CT molecular complexity index is 715. The molecule has 0 radical (unpaired) electrons. The van der Waals surface area contributed by atoms with E-state index in [1.165, 1.54) is 41.7 Å². The molecule has 24 heavy (non-hydrogen) atoms. The van der Waals surface area contributed by atoms with Crippen LogP contribution in [0.25, 0.3) is 5.57 Å². The van der Waals surface area contributed by atoms with Crippen LogP contribution in [0, 0.1) is 12.8 Å². The van der Waals surface area contributed by atoms with E-state index < -0.39 is 0 Å². The first-order chi connectivity index (χ1) is 11.7. The first-order valence-corrected chi connectivity index (χ1v) is 9.82. The lowest BCUT2D eigenvalue weighted by Crippen LogP contribution is -1.99. The summed E-state index contributed by atoms with van der Waals surface area (Å²) in [5, 5.41) is 0. The summed E-state index contributed by atoms with van der Waals surface area (Å²) in [7, 11) is 1.69. The van der Waals surface area contributed by atoms with Crippen molar-refractivity contribution in [3.8, 4) is 5.88 Å². The second kappa shape index (κ2) is 7.89. The number of thioether (sulfide) groups is 1. The number of pyridine rings is 1. The second-order valence-corrected chi connectivity index (χ2v) is 7.26. The number of hydrogen-bond donors (Lipinski definition) is 0. The van der Waals surface area contributed by atoms with Gasteiger partial charge in [0.1, 0.15) is 0 Å². The quantitative estimate of drug-likeness (QED) is 0.648. The van der Waals surface area contributed by atoms with Gasteiger partial charge in [-0.25, -0.2) is 4.98 Å². The molecule has 1 fully saturated rings. The van der Waals surface area contributed by atoms with Crippen LogP contribution in [0.5, 0.6) is 5.88 Å². The molecule has 0 unspecified atom stereocenters. The fourth-order valence-corrected chi connectivity index (χ4v) is 3.73. The van der Waals surface area contributed by atoms with E-state index >= 15 is 0 Å². The molecule has 0 N–H and O–H groups in total. The highest BCUT2D eigenvalue weighted by Crippen LogP contribution is 2.33. The Morgan fingerprint density at radius 3 is 2.46 bits per heavy atom. The standard InChI is InChI=1S/C21H25NOS/c1-15-8-13-20(22-21(15)23-2)19(14-16-6-4-5-7-16)17-9-11-18(24-3)12-10-17/h8-14,16H,4-7H2,1-3H3. The monoisotopic (exact) mass is 339 g/mol. The maximum absolute atomic E-state index is 5.44. The molecular formula is C21H25NOS. The van der Waals surface area contributed by atoms with Crippen molar-refractivity contribution >= 4 is 17.3 Å². The third-order valence-corrected chi connectivity index (χ3v) is 5.47. The predicted molar refractivity (Wildman–Crippen MR) is 103 cm³/mol. The molecule has 3 heteroatoms. The summed E-state index contributed by atoms with van der Waals surface area (Å²) in [5.41, 5.74) is 4.53. The fourth-order valence-electron chi connectivity index (χ4n) is 3.33. The van der Waals surface area contributed by atoms with Crippen LogP contribution in [0.3, 0.4) is 0 Å². The van der Waals surface area contributed by atoms with Crippen LogP contribution in [0.15, 0.2) is 47.4 Å². The highest BCUT2D eigenvalue weighted by molar-refractivity contribution is 7.98. The fraction of sp³-hybridized carbons (Fsp3) is 0.381. The number of nitrogens with zero attached hydrogens (tertiary/aromatic N) is 1. The SMILES string of the molecule is COc1nc(C(=CC2CCCC2)c2ccc(SC)cc2)ccc1C. The lowest BCUT2D eigenvalue weighted by atomic mass is 9.96. The first-order valence-electron chi connectivity index (χ1n) is 8.59. The van der Waals surface area contributed by atoms with Gasteiger partial charge in [-0.2, -0.15) is 0 Å². The third kappa shape index (κ3) is 3.84. The van der Waals surface area contributed by atoms with Gasteiger partial charge in [-0.1, -0.05) is 37.1 Å². The molecule has 126 valence electrons. The molecule has 2 aromatic rings. The van der Waals surface area contributed by atoms with E-state index in [2.05, 4.69) is 48.7 Å². The summed E-state index contributed by atoms with van der Waals surface area (Å²) in [5.74, 6) is 1.37. The van der Waals surface area contributed by atoms with Crippen molar-refractivity contribution in [2.24, 2.45) is 5.92 Å². The van der Waals surface area contributed by atoms with Gasteiger partial charge in [0.2, 0.25) is 5.88 Å². The van der Waals surface area contributed by atoms with Crippen molar-refractivity contribution in [1.82, 2.24) is 4.98 Å². The van der Waals surface area contributed by atoms with E-state index in [-0.39, 0.29) is 0 Å². The normalized spacial score (nSPS) is 15.7. The summed E-state index contributed by atoms with van der Waals surface area (Å²) >= 11 is 1.77. The molecule has 0 atom stereocenters. The van der Waals surface area contributed by atoms with Crippen molar-refractivity contribution in [3.63, 3.8) is 0 Å². The van der Waals surface area contributed by atoms with E-state index in [4.69, 9.17) is 9.72 Å². The Morgan fingerprint density at radius 1 is 1.12 bits per heavy atom. The van der Waals surface area contributed by atoms with Crippen LogP contribution in [0.4, 0.5) is 0 Å². The Labute approximate surface area is 149 Å². The summed E-state index contributed by atoms with van der Waals surface area (Å²) in [6.07, 6.45) is 9.79. The van der Waals surface area contributed by atoms with Crippen molar-refractivity contribution in [3.05, 3.63) is 59.3 Å². The van der Waals surface area contributed by atoms with Gasteiger partial charge in [0.25, 0.3) is 0 Å². The topological polar surface area (TPSA) is 22.1 Å². The minimum atomic E-state index is 0.661. The van der Waals surface area contributed by atoms with Crippen molar-refractivity contribution in [2.45, 2.75) is 37.5 Å². The lowest BCUT2D eigenvalue weighted by molar-refractivity contribution is 0.394. The van der Waals surface area contributed by atoms with Gasteiger partial charge in [0.15, 0.2) is 0 Å². The predicted octanol–water partition coefficient (Wildman–Crippen LogP) is 5.74. The number of ether oxygens (including phenoxy) is 1. The van der Waals surface area contributed by atoms with Crippen LogP contribution in [-0.2, 0) is 0 Å². The lowest BCUT2D eigenvalue weighted by Gasteiger charge is -2.13. The average Bonchev–Trinajstić information content (AvgIpc) is 3.14. The van der Waals surface area contributed by atoms with Gasteiger partial charge < -0.3 is 4.74 Å². The number of aryl methyl sites for hydroxylation is 1.